The predicted octanol–water partition coefficient (Wildman–Crippen LogP) is -0.158. The molecule has 1 heterocycles. The quantitative estimate of drug-likeness (QED) is 0.608. The van der Waals surface area contributed by atoms with Gasteiger partial charge in [0.15, 0.2) is 0 Å². The fraction of sp³-hybridized carbons (Fsp3) is 1.00. The van der Waals surface area contributed by atoms with Crippen LogP contribution >= 0.6 is 0 Å². The lowest BCUT2D eigenvalue weighted by atomic mass is 10.1. The zero-order valence-corrected chi connectivity index (χ0v) is 7.52. The van der Waals surface area contributed by atoms with Crippen molar-refractivity contribution in [2.75, 3.05) is 6.61 Å². The lowest BCUT2D eigenvalue weighted by Crippen LogP contribution is -2.29. The van der Waals surface area contributed by atoms with Crippen molar-refractivity contribution >= 4 is 10.0 Å². The number of primary sulfonamides is 1. The summed E-state index contributed by atoms with van der Waals surface area (Å²) >= 11 is 0. The van der Waals surface area contributed by atoms with Gasteiger partial charge in [-0.2, -0.15) is 0 Å². The normalized spacial score (nSPS) is 30.6. The number of hydrogen-bond donors (Lipinski definition) is 1. The van der Waals surface area contributed by atoms with Gasteiger partial charge in [0, 0.05) is 0 Å². The van der Waals surface area contributed by atoms with Gasteiger partial charge < -0.3 is 4.74 Å². The number of rotatable bonds is 1. The summed E-state index contributed by atoms with van der Waals surface area (Å²) in [7, 11) is -3.40. The second-order valence-electron chi connectivity index (χ2n) is 3.49. The van der Waals surface area contributed by atoms with Gasteiger partial charge >= 0.3 is 0 Å². The predicted molar refractivity (Wildman–Crippen MR) is 41.5 cm³/mol. The first kappa shape index (κ1) is 8.96. The molecule has 2 N–H and O–H groups in total. The highest BCUT2D eigenvalue weighted by Crippen LogP contribution is 2.27. The molecule has 0 aromatic rings. The van der Waals surface area contributed by atoms with Gasteiger partial charge in [0.25, 0.3) is 0 Å². The van der Waals surface area contributed by atoms with Crippen LogP contribution < -0.4 is 5.14 Å². The van der Waals surface area contributed by atoms with E-state index in [1.807, 2.05) is 13.8 Å². The summed E-state index contributed by atoms with van der Waals surface area (Å²) in [5.41, 5.74) is -0.336. The summed E-state index contributed by atoms with van der Waals surface area (Å²) in [6.07, 6.45) is 0.492. The van der Waals surface area contributed by atoms with Crippen LogP contribution in [0.4, 0.5) is 0 Å². The first-order valence-corrected chi connectivity index (χ1v) is 5.08. The molecule has 1 atom stereocenters. The molecule has 0 spiro atoms. The third-order valence-corrected chi connectivity index (χ3v) is 3.08. The Hall–Kier alpha value is -0.130. The third kappa shape index (κ3) is 2.15. The smallest absolute Gasteiger partial charge is 0.214 e. The molecule has 0 bridgehead atoms. The molecule has 1 aliphatic rings. The van der Waals surface area contributed by atoms with Crippen molar-refractivity contribution in [2.24, 2.45) is 5.14 Å². The van der Waals surface area contributed by atoms with Crippen LogP contribution in [0.1, 0.15) is 20.3 Å². The molecular weight excluding hydrogens is 166 g/mol. The van der Waals surface area contributed by atoms with E-state index in [1.54, 1.807) is 0 Å². The lowest BCUT2D eigenvalue weighted by Gasteiger charge is -2.14. The van der Waals surface area contributed by atoms with Crippen LogP contribution in [0, 0.1) is 0 Å². The Bertz CT molecular complexity index is 245. The second kappa shape index (κ2) is 2.43. The van der Waals surface area contributed by atoms with Crippen molar-refractivity contribution in [3.8, 4) is 0 Å². The summed E-state index contributed by atoms with van der Waals surface area (Å²) in [5.74, 6) is 0. The highest BCUT2D eigenvalue weighted by atomic mass is 32.2. The van der Waals surface area contributed by atoms with E-state index in [0.717, 1.165) is 0 Å². The van der Waals surface area contributed by atoms with E-state index in [0.29, 0.717) is 6.42 Å². The van der Waals surface area contributed by atoms with Crippen LogP contribution in [-0.4, -0.2) is 25.9 Å². The maximum absolute atomic E-state index is 10.8. The topological polar surface area (TPSA) is 69.4 Å². The Morgan fingerprint density at radius 1 is 1.55 bits per heavy atom. The van der Waals surface area contributed by atoms with E-state index in [1.165, 1.54) is 0 Å². The molecule has 4 nitrogen and oxygen atoms in total. The Labute approximate surface area is 66.8 Å². The molecule has 0 saturated carbocycles. The average molecular weight is 179 g/mol. The minimum absolute atomic E-state index is 0.228. The molecule has 0 aromatic carbocycles. The van der Waals surface area contributed by atoms with Gasteiger partial charge in [-0.25, -0.2) is 13.6 Å². The van der Waals surface area contributed by atoms with Gasteiger partial charge in [-0.3, -0.25) is 0 Å². The second-order valence-corrected chi connectivity index (χ2v) is 5.33. The molecule has 0 radical (unpaired) electrons. The highest BCUT2D eigenvalue weighted by Gasteiger charge is 2.37. The molecule has 1 rings (SSSR count). The molecule has 66 valence electrons. The van der Waals surface area contributed by atoms with E-state index in [2.05, 4.69) is 0 Å². The van der Waals surface area contributed by atoms with E-state index in [9.17, 15) is 8.42 Å². The van der Waals surface area contributed by atoms with Crippen molar-refractivity contribution in [1.29, 1.82) is 0 Å². The SMILES string of the molecule is CC1(C)CC(S(N)(=O)=O)CO1. The van der Waals surface area contributed by atoms with Crippen LogP contribution in [0.2, 0.25) is 0 Å². The van der Waals surface area contributed by atoms with Crippen molar-refractivity contribution in [3.63, 3.8) is 0 Å². The van der Waals surface area contributed by atoms with Gasteiger partial charge in [0.2, 0.25) is 10.0 Å². The highest BCUT2D eigenvalue weighted by molar-refractivity contribution is 7.89. The standard InChI is InChI=1S/C6H13NO3S/c1-6(2)3-5(4-10-6)11(7,8)9/h5H,3-4H2,1-2H3,(H2,7,8,9). The first-order chi connectivity index (χ1) is 4.81. The van der Waals surface area contributed by atoms with Crippen LogP contribution in [0.15, 0.2) is 0 Å². The van der Waals surface area contributed by atoms with E-state index < -0.39 is 15.3 Å². The number of hydrogen-bond acceptors (Lipinski definition) is 3. The molecular formula is C6H13NO3S. The van der Waals surface area contributed by atoms with Gasteiger partial charge in [-0.15, -0.1) is 0 Å². The number of sulfonamides is 1. The van der Waals surface area contributed by atoms with Gasteiger partial charge in [0.1, 0.15) is 5.25 Å². The van der Waals surface area contributed by atoms with E-state index in [4.69, 9.17) is 9.88 Å². The fourth-order valence-electron chi connectivity index (χ4n) is 1.20. The van der Waals surface area contributed by atoms with Gasteiger partial charge in [-0.05, 0) is 20.3 Å². The van der Waals surface area contributed by atoms with Gasteiger partial charge in [-0.1, -0.05) is 0 Å². The zero-order chi connectivity index (χ0) is 8.70. The molecule has 1 aliphatic heterocycles. The number of ether oxygens (including phenoxy) is 1. The Balaban J connectivity index is 2.71. The van der Waals surface area contributed by atoms with Crippen molar-refractivity contribution < 1.29 is 13.2 Å². The molecule has 1 fully saturated rings. The Kier molecular flexibility index (Phi) is 1.98. The summed E-state index contributed by atoms with van der Waals surface area (Å²) in [5, 5.41) is 4.44. The largest absolute Gasteiger partial charge is 0.374 e. The minimum atomic E-state index is -3.40. The monoisotopic (exact) mass is 179 g/mol. The van der Waals surface area contributed by atoms with E-state index >= 15 is 0 Å². The zero-order valence-electron chi connectivity index (χ0n) is 6.70. The summed E-state index contributed by atoms with van der Waals surface area (Å²) < 4.78 is 26.9. The fourth-order valence-corrected chi connectivity index (χ4v) is 2.09. The van der Waals surface area contributed by atoms with Crippen LogP contribution in [0.25, 0.3) is 0 Å². The van der Waals surface area contributed by atoms with Crippen LogP contribution in [0.5, 0.6) is 0 Å². The molecule has 1 unspecified atom stereocenters. The first-order valence-electron chi connectivity index (χ1n) is 3.47. The van der Waals surface area contributed by atoms with Crippen molar-refractivity contribution in [3.05, 3.63) is 0 Å². The Morgan fingerprint density at radius 3 is 2.27 bits per heavy atom. The number of nitrogens with two attached hydrogens (primary N) is 1. The molecule has 11 heavy (non-hydrogen) atoms. The van der Waals surface area contributed by atoms with E-state index in [-0.39, 0.29) is 12.2 Å². The lowest BCUT2D eigenvalue weighted by molar-refractivity contribution is 0.0368. The van der Waals surface area contributed by atoms with Crippen LogP contribution in [0.3, 0.4) is 0 Å². The molecule has 0 amide bonds. The van der Waals surface area contributed by atoms with Crippen molar-refractivity contribution in [2.45, 2.75) is 31.1 Å². The summed E-state index contributed by atoms with van der Waals surface area (Å²) in [4.78, 5) is 0. The minimum Gasteiger partial charge on any atom is -0.374 e. The van der Waals surface area contributed by atoms with Crippen LogP contribution in [-0.2, 0) is 14.8 Å². The Morgan fingerprint density at radius 2 is 2.09 bits per heavy atom. The summed E-state index contributed by atoms with van der Waals surface area (Å²) in [6.45, 7) is 3.95. The maximum Gasteiger partial charge on any atom is 0.214 e. The third-order valence-electron chi connectivity index (χ3n) is 1.84. The summed E-state index contributed by atoms with van der Waals surface area (Å²) in [6, 6.07) is 0. The molecule has 0 aromatic heterocycles. The average Bonchev–Trinajstić information content (AvgIpc) is 2.07. The molecule has 5 heteroatoms. The van der Waals surface area contributed by atoms with Crippen molar-refractivity contribution in [1.82, 2.24) is 0 Å². The maximum atomic E-state index is 10.8. The molecule has 0 aliphatic carbocycles. The van der Waals surface area contributed by atoms with Gasteiger partial charge in [0.05, 0.1) is 12.2 Å². The molecule has 1 saturated heterocycles.